The molecule has 0 unspecified atom stereocenters. The molecule has 0 N–H and O–H groups in total. The number of ether oxygens (including phenoxy) is 1. The summed E-state index contributed by atoms with van der Waals surface area (Å²) in [6, 6.07) is 0. The van der Waals surface area contributed by atoms with Crippen LogP contribution in [-0.4, -0.2) is 54.6 Å². The number of fused-ring (bicyclic) bond motifs is 2. The van der Waals surface area contributed by atoms with Crippen LogP contribution in [0.25, 0.3) is 0 Å². The molecule has 2 aromatic heterocycles. The van der Waals surface area contributed by atoms with Gasteiger partial charge >= 0.3 is 0 Å². The van der Waals surface area contributed by atoms with Crippen LogP contribution in [0, 0.1) is 13.8 Å². The molecule has 0 fully saturated rings. The molecule has 2 aromatic rings. The van der Waals surface area contributed by atoms with Crippen LogP contribution in [-0.2, 0) is 29.0 Å². The molecule has 0 atom stereocenters. The van der Waals surface area contributed by atoms with E-state index in [1.807, 2.05) is 41.5 Å². The van der Waals surface area contributed by atoms with Crippen LogP contribution in [0.2, 0.25) is 0 Å². The summed E-state index contributed by atoms with van der Waals surface area (Å²) >= 11 is 0. The van der Waals surface area contributed by atoms with E-state index in [-0.39, 0.29) is 11.1 Å². The number of hydrogen-bond acceptors (Lipinski definition) is 6. The molecule has 0 amide bonds. The van der Waals surface area contributed by atoms with Crippen LogP contribution in [0.1, 0.15) is 64.8 Å². The van der Waals surface area contributed by atoms with E-state index < -0.39 is 0 Å². The molecule has 0 radical (unpaired) electrons. The average molecular weight is 378 g/mol. The quantitative estimate of drug-likeness (QED) is 0.703. The van der Waals surface area contributed by atoms with E-state index in [0.29, 0.717) is 0 Å². The topological polar surface area (TPSA) is 73.9 Å². The van der Waals surface area contributed by atoms with Gasteiger partial charge in [0.05, 0.1) is 12.1 Å². The summed E-state index contributed by atoms with van der Waals surface area (Å²) in [6.45, 7) is 20.1. The molecule has 4 rings (SSSR count). The van der Waals surface area contributed by atoms with Crippen molar-refractivity contribution in [1.82, 2.24) is 34.4 Å². The van der Waals surface area contributed by atoms with Gasteiger partial charge in [-0.15, -0.1) is 20.4 Å². The highest BCUT2D eigenvalue weighted by molar-refractivity contribution is 5.09. The Morgan fingerprint density at radius 3 is 1.85 bits per heavy atom. The fraction of sp³-hybridized carbons (Fsp3) is 0.789. The zero-order chi connectivity index (χ0) is 20.4. The normalized spacial score (nSPS) is 19.7. The first-order valence-electron chi connectivity index (χ1n) is 9.80. The number of nitrogens with zero attached hydrogens (tertiary/aromatic N) is 7. The number of hydrogen-bond donors (Lipinski definition) is 0. The minimum Gasteiger partial charge on any atom is -0.366 e. The third-order valence-corrected chi connectivity index (χ3v) is 5.35. The highest BCUT2D eigenvalue weighted by Crippen LogP contribution is 2.29. The van der Waals surface area contributed by atoms with Crippen LogP contribution in [0.15, 0.2) is 0 Å². The van der Waals surface area contributed by atoms with E-state index in [0.717, 1.165) is 49.5 Å². The summed E-state index contributed by atoms with van der Waals surface area (Å²) in [6.07, 6.45) is 0. The van der Waals surface area contributed by atoms with Crippen molar-refractivity contribution in [2.24, 2.45) is 0 Å². The van der Waals surface area contributed by atoms with Gasteiger partial charge in [0.25, 0.3) is 0 Å². The van der Waals surface area contributed by atoms with Gasteiger partial charge in [0, 0.05) is 19.6 Å². The highest BCUT2D eigenvalue weighted by atomic mass is 16.5. The maximum absolute atomic E-state index is 5.58. The Hall–Kier alpha value is -1.80. The number of aromatic nitrogens is 6. The van der Waals surface area contributed by atoms with E-state index in [1.165, 1.54) is 0 Å². The molecule has 4 heterocycles. The third kappa shape index (κ3) is 4.06. The van der Waals surface area contributed by atoms with Crippen LogP contribution in [0.3, 0.4) is 0 Å². The van der Waals surface area contributed by atoms with Crippen molar-refractivity contribution in [1.29, 1.82) is 0 Å². The Morgan fingerprint density at radius 1 is 0.778 bits per heavy atom. The highest BCUT2D eigenvalue weighted by Gasteiger charge is 2.35. The van der Waals surface area contributed by atoms with E-state index in [9.17, 15) is 0 Å². The number of likely N-dealkylation sites (N-methyl/N-ethyl adjacent to an activating group) is 1. The number of aryl methyl sites for hydroxylation is 2. The molecule has 27 heavy (non-hydrogen) atoms. The largest absolute Gasteiger partial charge is 0.366 e. The smallest absolute Gasteiger partial charge is 0.164 e. The van der Waals surface area contributed by atoms with Crippen molar-refractivity contribution >= 4 is 0 Å². The van der Waals surface area contributed by atoms with Crippen molar-refractivity contribution in [2.75, 3.05) is 20.2 Å². The van der Waals surface area contributed by atoms with Gasteiger partial charge in [0.15, 0.2) is 11.6 Å². The lowest BCUT2D eigenvalue weighted by molar-refractivity contribution is -0.0543. The first-order chi connectivity index (χ1) is 12.6. The molecular formula is C19H35N7O. The molecule has 0 saturated carbocycles. The Balaban J connectivity index is 0.000000178. The zero-order valence-electron chi connectivity index (χ0n) is 18.4. The van der Waals surface area contributed by atoms with Gasteiger partial charge in [0.2, 0.25) is 0 Å². The van der Waals surface area contributed by atoms with Crippen LogP contribution < -0.4 is 0 Å². The van der Waals surface area contributed by atoms with Crippen molar-refractivity contribution < 1.29 is 4.74 Å². The molecule has 152 valence electrons. The molecule has 8 nitrogen and oxygen atoms in total. The second kappa shape index (κ2) is 8.06. The van der Waals surface area contributed by atoms with Crippen LogP contribution in [0.4, 0.5) is 0 Å². The van der Waals surface area contributed by atoms with E-state index in [2.05, 4.69) is 55.3 Å². The van der Waals surface area contributed by atoms with E-state index >= 15 is 0 Å². The molecule has 0 spiro atoms. The van der Waals surface area contributed by atoms with Crippen LogP contribution in [0.5, 0.6) is 0 Å². The summed E-state index contributed by atoms with van der Waals surface area (Å²) in [4.78, 5) is 2.32. The van der Waals surface area contributed by atoms with Gasteiger partial charge in [-0.1, -0.05) is 13.8 Å². The van der Waals surface area contributed by atoms with Gasteiger partial charge in [-0.05, 0) is 48.6 Å². The Morgan fingerprint density at radius 2 is 1.30 bits per heavy atom. The number of rotatable bonds is 0. The predicted octanol–water partition coefficient (Wildman–Crippen LogP) is 2.65. The minimum absolute atomic E-state index is 0.0134. The van der Waals surface area contributed by atoms with Crippen molar-refractivity contribution in [2.45, 2.75) is 79.6 Å². The zero-order valence-corrected chi connectivity index (χ0v) is 18.4. The lowest BCUT2D eigenvalue weighted by Gasteiger charge is -2.39. The molecule has 0 bridgehead atoms. The summed E-state index contributed by atoms with van der Waals surface area (Å²) in [5.74, 6) is 4.02. The monoisotopic (exact) mass is 377 g/mol. The molecule has 2 aliphatic rings. The maximum Gasteiger partial charge on any atom is 0.164 e. The van der Waals surface area contributed by atoms with E-state index in [4.69, 9.17) is 4.74 Å². The molecule has 8 heteroatoms. The lowest BCUT2D eigenvalue weighted by atomic mass is 10.0. The summed E-state index contributed by atoms with van der Waals surface area (Å²) in [5, 5.41) is 16.5. The molecule has 0 aromatic carbocycles. The second-order valence-electron chi connectivity index (χ2n) is 7.78. The van der Waals surface area contributed by atoms with E-state index in [1.54, 1.807) is 0 Å². The predicted molar refractivity (Wildman–Crippen MR) is 106 cm³/mol. The van der Waals surface area contributed by atoms with Crippen molar-refractivity contribution in [3.63, 3.8) is 0 Å². The van der Waals surface area contributed by atoms with Gasteiger partial charge in [0.1, 0.15) is 17.2 Å². The molecular weight excluding hydrogens is 342 g/mol. The lowest BCUT2D eigenvalue weighted by Crippen LogP contribution is -2.46. The third-order valence-electron chi connectivity index (χ3n) is 5.35. The fourth-order valence-electron chi connectivity index (χ4n) is 3.35. The molecule has 0 saturated heterocycles. The van der Waals surface area contributed by atoms with Gasteiger partial charge in [-0.2, -0.15) is 0 Å². The standard InChI is InChI=1S/C9H16N4.C8H13N3O.C2H6/c1-7-10-11-8-9(2,3)12(4)5-6-13(7)8;1-6-9-10-7-8(2,3)12-5-4-11(6)7;1-2/h5-6H2,1-4H3;4-5H2,1-3H3;1-2H3. The summed E-state index contributed by atoms with van der Waals surface area (Å²) in [7, 11) is 2.13. The van der Waals surface area contributed by atoms with Crippen LogP contribution >= 0.6 is 0 Å². The van der Waals surface area contributed by atoms with Crippen molar-refractivity contribution in [3.05, 3.63) is 23.3 Å². The van der Waals surface area contributed by atoms with Gasteiger partial charge < -0.3 is 13.9 Å². The van der Waals surface area contributed by atoms with Gasteiger partial charge in [-0.3, -0.25) is 4.90 Å². The summed E-state index contributed by atoms with van der Waals surface area (Å²) in [5.41, 5.74) is -0.265. The summed E-state index contributed by atoms with van der Waals surface area (Å²) < 4.78 is 9.90. The van der Waals surface area contributed by atoms with Crippen molar-refractivity contribution in [3.8, 4) is 0 Å². The first kappa shape index (κ1) is 21.5. The molecule has 0 aliphatic carbocycles. The Bertz CT molecular complexity index is 760. The van der Waals surface area contributed by atoms with Gasteiger partial charge in [-0.25, -0.2) is 0 Å². The maximum atomic E-state index is 5.58. The minimum atomic E-state index is -0.278. The second-order valence-corrected chi connectivity index (χ2v) is 7.78. The SMILES string of the molecule is CC.Cc1nnc2n1CCN(C)C2(C)C.Cc1nnc2n1CCOC2(C)C. The first-order valence-corrected chi connectivity index (χ1v) is 9.80. The average Bonchev–Trinajstić information content (AvgIpc) is 3.19. The fourth-order valence-corrected chi connectivity index (χ4v) is 3.35. The Kier molecular flexibility index (Phi) is 6.42. The molecule has 2 aliphatic heterocycles. The Labute approximate surface area is 162 Å².